The van der Waals surface area contributed by atoms with E-state index in [0.717, 1.165) is 49.3 Å². The van der Waals surface area contributed by atoms with Crippen LogP contribution >= 0.6 is 0 Å². The number of ether oxygens (including phenoxy) is 2. The zero-order chi connectivity index (χ0) is 20.4. The van der Waals surface area contributed by atoms with Crippen LogP contribution < -0.4 is 15.4 Å². The summed E-state index contributed by atoms with van der Waals surface area (Å²) >= 11 is 0. The first-order valence-corrected chi connectivity index (χ1v) is 10.3. The Labute approximate surface area is 170 Å². The van der Waals surface area contributed by atoms with Gasteiger partial charge in [0.1, 0.15) is 6.10 Å². The number of aromatic nitrogens is 3. The number of hydrogen-bond donors (Lipinski definition) is 3. The largest absolute Gasteiger partial charge is 0.475 e. The second-order valence-corrected chi connectivity index (χ2v) is 8.73. The maximum Gasteiger partial charge on any atom is 0.407 e. The third-order valence-electron chi connectivity index (χ3n) is 5.64. The summed E-state index contributed by atoms with van der Waals surface area (Å²) in [5.41, 5.74) is 1.55. The summed E-state index contributed by atoms with van der Waals surface area (Å²) in [5, 5.41) is 13.8. The molecule has 0 spiro atoms. The molecule has 1 amide bonds. The predicted molar refractivity (Wildman–Crippen MR) is 110 cm³/mol. The quantitative estimate of drug-likeness (QED) is 0.612. The van der Waals surface area contributed by atoms with E-state index in [1.54, 1.807) is 6.20 Å². The van der Waals surface area contributed by atoms with Crippen molar-refractivity contribution in [1.82, 2.24) is 20.5 Å². The monoisotopic (exact) mass is 399 g/mol. The lowest BCUT2D eigenvalue weighted by Crippen LogP contribution is -2.45. The van der Waals surface area contributed by atoms with Crippen LogP contribution in [0.1, 0.15) is 64.5 Å². The number of anilines is 2. The number of H-pyrrole nitrogens is 1. The van der Waals surface area contributed by atoms with Crippen LogP contribution in [0.15, 0.2) is 24.4 Å². The minimum atomic E-state index is -0.382. The minimum Gasteiger partial charge on any atom is -0.475 e. The molecular formula is C21H29N5O3. The molecule has 2 aromatic rings. The Morgan fingerprint density at radius 2 is 2.03 bits per heavy atom. The van der Waals surface area contributed by atoms with Gasteiger partial charge < -0.3 is 20.1 Å². The van der Waals surface area contributed by atoms with Gasteiger partial charge in [-0.25, -0.2) is 9.78 Å². The second-order valence-electron chi connectivity index (χ2n) is 8.73. The van der Waals surface area contributed by atoms with Crippen LogP contribution in [-0.4, -0.2) is 39.0 Å². The van der Waals surface area contributed by atoms with Gasteiger partial charge in [0, 0.05) is 41.2 Å². The molecular weight excluding hydrogens is 370 g/mol. The van der Waals surface area contributed by atoms with Crippen LogP contribution in [0, 0.1) is 0 Å². The maximum atomic E-state index is 12.4. The van der Waals surface area contributed by atoms with Crippen LogP contribution in [0.2, 0.25) is 0 Å². The van der Waals surface area contributed by atoms with Crippen molar-refractivity contribution < 1.29 is 14.3 Å². The third kappa shape index (κ3) is 4.99. The highest BCUT2D eigenvalue weighted by atomic mass is 16.6. The van der Waals surface area contributed by atoms with Gasteiger partial charge in [0.25, 0.3) is 0 Å². The first kappa shape index (κ1) is 19.5. The smallest absolute Gasteiger partial charge is 0.407 e. The Hall–Kier alpha value is -2.77. The van der Waals surface area contributed by atoms with E-state index < -0.39 is 0 Å². The highest BCUT2D eigenvalue weighted by Gasteiger charge is 2.31. The van der Waals surface area contributed by atoms with E-state index in [9.17, 15) is 4.79 Å². The van der Waals surface area contributed by atoms with Gasteiger partial charge in [-0.15, -0.1) is 0 Å². The lowest BCUT2D eigenvalue weighted by Gasteiger charge is -2.28. The zero-order valence-corrected chi connectivity index (χ0v) is 17.2. The number of amides is 1. The molecule has 0 aromatic carbocycles. The van der Waals surface area contributed by atoms with E-state index >= 15 is 0 Å². The molecule has 0 unspecified atom stereocenters. The van der Waals surface area contributed by atoms with E-state index in [1.807, 2.05) is 39.0 Å². The fourth-order valence-electron chi connectivity index (χ4n) is 3.99. The van der Waals surface area contributed by atoms with Gasteiger partial charge in [-0.3, -0.25) is 5.10 Å². The number of nitrogens with one attached hydrogen (secondary N) is 3. The molecule has 29 heavy (non-hydrogen) atoms. The average Bonchev–Trinajstić information content (AvgIpc) is 3.29. The van der Waals surface area contributed by atoms with Gasteiger partial charge in [-0.1, -0.05) is 0 Å². The summed E-state index contributed by atoms with van der Waals surface area (Å²) in [6.45, 7) is 6.02. The van der Waals surface area contributed by atoms with Crippen molar-refractivity contribution in [2.75, 3.05) is 5.32 Å². The highest BCUT2D eigenvalue weighted by molar-refractivity contribution is 5.68. The Morgan fingerprint density at radius 1 is 1.17 bits per heavy atom. The van der Waals surface area contributed by atoms with Gasteiger partial charge in [-0.2, -0.15) is 5.10 Å². The van der Waals surface area contributed by atoms with Gasteiger partial charge in [0.05, 0.1) is 6.10 Å². The molecule has 0 radical (unpaired) electrons. The topological polar surface area (TPSA) is 101 Å². The first-order valence-electron chi connectivity index (χ1n) is 10.3. The van der Waals surface area contributed by atoms with Crippen molar-refractivity contribution in [2.45, 2.75) is 76.5 Å². The van der Waals surface area contributed by atoms with E-state index in [1.165, 1.54) is 0 Å². The first-order chi connectivity index (χ1) is 13.9. The molecule has 2 aliphatic rings. The lowest BCUT2D eigenvalue weighted by atomic mass is 9.97. The molecule has 1 aliphatic carbocycles. The average molecular weight is 399 g/mol. The fraction of sp³-hybridized carbons (Fsp3) is 0.571. The van der Waals surface area contributed by atoms with Gasteiger partial charge >= 0.3 is 6.09 Å². The van der Waals surface area contributed by atoms with Crippen molar-refractivity contribution in [3.05, 3.63) is 30.1 Å². The fourth-order valence-corrected chi connectivity index (χ4v) is 3.99. The number of carbonyl (C=O) groups excluding carboxylic acids is 1. The highest BCUT2D eigenvalue weighted by Crippen LogP contribution is 2.36. The number of pyridine rings is 1. The van der Waals surface area contributed by atoms with Crippen LogP contribution in [0.25, 0.3) is 0 Å². The van der Waals surface area contributed by atoms with Crippen LogP contribution in [0.4, 0.5) is 16.3 Å². The van der Waals surface area contributed by atoms with Gasteiger partial charge in [0.2, 0.25) is 5.88 Å². The Bertz CT molecular complexity index is 866. The number of alkyl carbamates (subject to hydrolysis) is 1. The van der Waals surface area contributed by atoms with E-state index in [0.29, 0.717) is 11.8 Å². The number of aromatic amines is 1. The minimum absolute atomic E-state index is 0.0405. The SMILES string of the molecule is C[C@@H]1CCC(C)(C)NC(=O)O[C@@H]2CC[C@@H](C2)c2cc(n[nH]2)Nc2ccnc(c2)O1. The molecule has 3 N–H and O–H groups in total. The maximum absolute atomic E-state index is 12.4. The summed E-state index contributed by atoms with van der Waals surface area (Å²) in [6.07, 6.45) is 5.44. The number of hydrogen-bond acceptors (Lipinski definition) is 6. The van der Waals surface area contributed by atoms with Crippen LogP contribution in [-0.2, 0) is 4.74 Å². The van der Waals surface area contributed by atoms with Crippen molar-refractivity contribution >= 4 is 17.6 Å². The number of rotatable bonds is 0. The van der Waals surface area contributed by atoms with E-state index in [2.05, 4.69) is 25.8 Å². The molecule has 2 aromatic heterocycles. The number of nitrogens with zero attached hydrogens (tertiary/aromatic N) is 2. The normalized spacial score (nSPS) is 26.9. The standard InChI is InChI=1S/C21H29N5O3/c1-13-6-8-21(2,3)24-20(27)29-16-5-4-14(10-16)17-12-18(26-25-17)23-15-7-9-22-19(11-15)28-13/h7,9,11-14,16H,4-6,8,10H2,1-3H3,(H,24,27)(H2,23,25,26)/t13-,14+,16-/m1/s1. The molecule has 8 nitrogen and oxygen atoms in total. The van der Waals surface area contributed by atoms with Crippen LogP contribution in [0.3, 0.4) is 0 Å². The lowest BCUT2D eigenvalue weighted by molar-refractivity contribution is 0.0899. The van der Waals surface area contributed by atoms with E-state index in [-0.39, 0.29) is 23.8 Å². The number of carbonyl (C=O) groups is 1. The molecule has 6 bridgehead atoms. The zero-order valence-electron chi connectivity index (χ0n) is 17.2. The van der Waals surface area contributed by atoms with Crippen LogP contribution in [0.5, 0.6) is 5.88 Å². The molecule has 1 fully saturated rings. The molecule has 3 heterocycles. The summed E-state index contributed by atoms with van der Waals surface area (Å²) in [5.74, 6) is 1.61. The molecule has 156 valence electrons. The van der Waals surface area contributed by atoms with Gasteiger partial charge in [-0.05, 0) is 58.9 Å². The van der Waals surface area contributed by atoms with Crippen molar-refractivity contribution in [2.24, 2.45) is 0 Å². The molecule has 4 rings (SSSR count). The molecule has 1 saturated carbocycles. The molecule has 0 saturated heterocycles. The summed E-state index contributed by atoms with van der Waals surface area (Å²) in [4.78, 5) is 16.7. The summed E-state index contributed by atoms with van der Waals surface area (Å²) in [7, 11) is 0. The Kier molecular flexibility index (Phi) is 5.34. The summed E-state index contributed by atoms with van der Waals surface area (Å²) in [6, 6.07) is 5.78. The predicted octanol–water partition coefficient (Wildman–Crippen LogP) is 4.25. The van der Waals surface area contributed by atoms with E-state index in [4.69, 9.17) is 9.47 Å². The molecule has 8 heteroatoms. The third-order valence-corrected chi connectivity index (χ3v) is 5.64. The Balaban J connectivity index is 1.57. The van der Waals surface area contributed by atoms with Crippen molar-refractivity contribution in [1.29, 1.82) is 0 Å². The summed E-state index contributed by atoms with van der Waals surface area (Å²) < 4.78 is 11.7. The molecule has 3 atom stereocenters. The van der Waals surface area contributed by atoms with Gasteiger partial charge in [0.15, 0.2) is 5.82 Å². The number of fused-ring (bicyclic) bond motifs is 7. The molecule has 1 aliphatic heterocycles. The van der Waals surface area contributed by atoms with Crippen molar-refractivity contribution in [3.63, 3.8) is 0 Å². The second kappa shape index (κ2) is 7.93. The Morgan fingerprint density at radius 3 is 2.90 bits per heavy atom. The van der Waals surface area contributed by atoms with Crippen molar-refractivity contribution in [3.8, 4) is 5.88 Å².